The Morgan fingerprint density at radius 3 is 2.46 bits per heavy atom. The van der Waals surface area contributed by atoms with E-state index in [4.69, 9.17) is 0 Å². The average molecular weight is 356 g/mol. The first-order valence-electron chi connectivity index (χ1n) is 6.64. The van der Waals surface area contributed by atoms with Gasteiger partial charge in [0.2, 0.25) is 9.97 Å². The number of halogens is 3. The van der Waals surface area contributed by atoms with Gasteiger partial charge >= 0.3 is 6.18 Å². The summed E-state index contributed by atoms with van der Waals surface area (Å²) in [5, 5.41) is 12.5. The van der Waals surface area contributed by atoms with Crippen molar-refractivity contribution in [2.75, 3.05) is 24.3 Å². The maximum Gasteiger partial charge on any atom is 0.453 e. The highest BCUT2D eigenvalue weighted by Crippen LogP contribution is 2.29. The topological polar surface area (TPSA) is 75.4 Å². The molecule has 0 fully saturated rings. The van der Waals surface area contributed by atoms with E-state index in [-0.39, 0.29) is 9.97 Å². The average Bonchev–Trinajstić information content (AvgIpc) is 3.06. The largest absolute Gasteiger partial charge is 0.453 e. The second kappa shape index (κ2) is 5.74. The van der Waals surface area contributed by atoms with Crippen LogP contribution in [-0.4, -0.2) is 39.8 Å². The standard InChI is InChI=1S/C13H11F3N6OS/c1-21(2)8-5-3-7(4-6-8)17-9(23)10-20-22-11(13(14,15)16)18-19-12(22)24-10/h3-6H,1-2H3,(H,17,23). The number of anilines is 2. The Labute approximate surface area is 137 Å². The number of alkyl halides is 3. The number of benzene rings is 1. The third-order valence-electron chi connectivity index (χ3n) is 3.08. The summed E-state index contributed by atoms with van der Waals surface area (Å²) in [6, 6.07) is 6.98. The Bertz CT molecular complexity index is 883. The molecule has 0 aliphatic rings. The molecule has 0 aliphatic heterocycles. The molecule has 0 bridgehead atoms. The Morgan fingerprint density at radius 1 is 1.21 bits per heavy atom. The number of fused-ring (bicyclic) bond motifs is 1. The second-order valence-electron chi connectivity index (χ2n) is 5.02. The molecule has 24 heavy (non-hydrogen) atoms. The fourth-order valence-corrected chi connectivity index (χ4v) is 2.65. The van der Waals surface area contributed by atoms with E-state index >= 15 is 0 Å². The van der Waals surface area contributed by atoms with Crippen molar-refractivity contribution in [2.45, 2.75) is 6.18 Å². The molecule has 2 aromatic heterocycles. The minimum atomic E-state index is -4.69. The molecule has 1 aromatic carbocycles. The first kappa shape index (κ1) is 16.2. The molecule has 1 N–H and O–H groups in total. The fraction of sp³-hybridized carbons (Fsp3) is 0.231. The fourth-order valence-electron chi connectivity index (χ4n) is 1.91. The summed E-state index contributed by atoms with van der Waals surface area (Å²) in [6.45, 7) is 0. The van der Waals surface area contributed by atoms with E-state index in [2.05, 4.69) is 20.6 Å². The van der Waals surface area contributed by atoms with Gasteiger partial charge in [-0.15, -0.1) is 15.3 Å². The number of nitrogens with one attached hydrogen (secondary N) is 1. The summed E-state index contributed by atoms with van der Waals surface area (Å²) in [5.74, 6) is -1.88. The van der Waals surface area contributed by atoms with Crippen molar-refractivity contribution in [1.82, 2.24) is 19.8 Å². The molecule has 3 aromatic rings. The zero-order valence-electron chi connectivity index (χ0n) is 12.5. The first-order valence-corrected chi connectivity index (χ1v) is 7.45. The first-order chi connectivity index (χ1) is 11.3. The molecule has 0 saturated heterocycles. The van der Waals surface area contributed by atoms with Gasteiger partial charge in [0.15, 0.2) is 0 Å². The highest BCUT2D eigenvalue weighted by Gasteiger charge is 2.38. The van der Waals surface area contributed by atoms with E-state index in [0.717, 1.165) is 17.0 Å². The van der Waals surface area contributed by atoms with Crippen LogP contribution in [0.2, 0.25) is 0 Å². The zero-order valence-corrected chi connectivity index (χ0v) is 13.3. The van der Waals surface area contributed by atoms with Crippen LogP contribution in [0.1, 0.15) is 15.6 Å². The van der Waals surface area contributed by atoms with E-state index in [9.17, 15) is 18.0 Å². The van der Waals surface area contributed by atoms with Gasteiger partial charge in [-0.1, -0.05) is 11.3 Å². The maximum atomic E-state index is 12.7. The van der Waals surface area contributed by atoms with Gasteiger partial charge < -0.3 is 10.2 Å². The summed E-state index contributed by atoms with van der Waals surface area (Å²) in [6.07, 6.45) is -4.69. The van der Waals surface area contributed by atoms with Crippen LogP contribution >= 0.6 is 11.3 Å². The molecular formula is C13H11F3N6OS. The lowest BCUT2D eigenvalue weighted by Gasteiger charge is -2.12. The molecular weight excluding hydrogens is 345 g/mol. The van der Waals surface area contributed by atoms with Gasteiger partial charge in [0.1, 0.15) is 0 Å². The molecule has 0 atom stereocenters. The SMILES string of the molecule is CN(C)c1ccc(NC(=O)c2nn3c(C(F)(F)F)nnc3s2)cc1. The van der Waals surface area contributed by atoms with Crippen molar-refractivity contribution >= 4 is 33.6 Å². The Balaban J connectivity index is 1.82. The number of aromatic nitrogens is 4. The molecule has 11 heteroatoms. The molecule has 1 amide bonds. The molecule has 0 saturated carbocycles. The lowest BCUT2D eigenvalue weighted by Crippen LogP contribution is -2.15. The minimum absolute atomic E-state index is 0.101. The molecule has 0 aliphatic carbocycles. The van der Waals surface area contributed by atoms with Crippen LogP contribution in [0.25, 0.3) is 4.96 Å². The normalized spacial score (nSPS) is 11.7. The number of hydrogen-bond acceptors (Lipinski definition) is 6. The molecule has 7 nitrogen and oxygen atoms in total. The monoisotopic (exact) mass is 356 g/mol. The van der Waals surface area contributed by atoms with Gasteiger partial charge in [-0.3, -0.25) is 4.79 Å². The summed E-state index contributed by atoms with van der Waals surface area (Å²) in [7, 11) is 3.76. The zero-order chi connectivity index (χ0) is 17.5. The van der Waals surface area contributed by atoms with Crippen molar-refractivity contribution in [3.05, 3.63) is 35.1 Å². The van der Waals surface area contributed by atoms with Crippen LogP contribution in [0.15, 0.2) is 24.3 Å². The number of carbonyl (C=O) groups is 1. The lowest BCUT2D eigenvalue weighted by molar-refractivity contribution is -0.146. The van der Waals surface area contributed by atoms with E-state index in [1.165, 1.54) is 0 Å². The highest BCUT2D eigenvalue weighted by atomic mass is 32.1. The molecule has 2 heterocycles. The summed E-state index contributed by atoms with van der Waals surface area (Å²) in [4.78, 5) is 13.9. The van der Waals surface area contributed by atoms with E-state index < -0.39 is 17.9 Å². The molecule has 3 rings (SSSR count). The quantitative estimate of drug-likeness (QED) is 0.780. The van der Waals surface area contributed by atoms with Crippen LogP contribution in [-0.2, 0) is 6.18 Å². The van der Waals surface area contributed by atoms with Gasteiger partial charge in [-0.25, -0.2) is 0 Å². The number of carbonyl (C=O) groups excluding carboxylic acids is 1. The highest BCUT2D eigenvalue weighted by molar-refractivity contribution is 7.18. The molecule has 0 unspecified atom stereocenters. The van der Waals surface area contributed by atoms with Gasteiger partial charge in [-0.2, -0.15) is 17.7 Å². The van der Waals surface area contributed by atoms with Crippen molar-refractivity contribution in [2.24, 2.45) is 0 Å². The molecule has 0 spiro atoms. The number of amides is 1. The maximum absolute atomic E-state index is 12.7. The van der Waals surface area contributed by atoms with Crippen LogP contribution in [0.3, 0.4) is 0 Å². The predicted molar refractivity (Wildman–Crippen MR) is 82.4 cm³/mol. The minimum Gasteiger partial charge on any atom is -0.378 e. The number of nitrogens with zero attached hydrogens (tertiary/aromatic N) is 5. The Morgan fingerprint density at radius 2 is 1.88 bits per heavy atom. The van der Waals surface area contributed by atoms with Crippen molar-refractivity contribution in [3.63, 3.8) is 0 Å². The van der Waals surface area contributed by atoms with Crippen LogP contribution in [0.4, 0.5) is 24.5 Å². The van der Waals surface area contributed by atoms with Crippen molar-refractivity contribution in [3.8, 4) is 0 Å². The van der Waals surface area contributed by atoms with Crippen LogP contribution < -0.4 is 10.2 Å². The Kier molecular flexibility index (Phi) is 3.87. The third-order valence-corrected chi connectivity index (χ3v) is 3.98. The van der Waals surface area contributed by atoms with Gasteiger partial charge in [0, 0.05) is 25.5 Å². The smallest absolute Gasteiger partial charge is 0.378 e. The van der Waals surface area contributed by atoms with Crippen LogP contribution in [0, 0.1) is 0 Å². The summed E-state index contributed by atoms with van der Waals surface area (Å²) in [5.41, 5.74) is 1.45. The van der Waals surface area contributed by atoms with Gasteiger partial charge in [-0.05, 0) is 24.3 Å². The Hall–Kier alpha value is -2.69. The van der Waals surface area contributed by atoms with E-state index in [1.54, 1.807) is 24.3 Å². The number of rotatable bonds is 3. The van der Waals surface area contributed by atoms with Gasteiger partial charge in [0.25, 0.3) is 11.7 Å². The van der Waals surface area contributed by atoms with Crippen molar-refractivity contribution in [1.29, 1.82) is 0 Å². The third kappa shape index (κ3) is 3.02. The van der Waals surface area contributed by atoms with Crippen LogP contribution in [0.5, 0.6) is 0 Å². The summed E-state index contributed by atoms with van der Waals surface area (Å²) >= 11 is 0.728. The van der Waals surface area contributed by atoms with E-state index in [1.807, 2.05) is 19.0 Å². The number of hydrogen-bond donors (Lipinski definition) is 1. The lowest BCUT2D eigenvalue weighted by atomic mass is 10.2. The van der Waals surface area contributed by atoms with Crippen molar-refractivity contribution < 1.29 is 18.0 Å². The van der Waals surface area contributed by atoms with E-state index in [0.29, 0.717) is 10.2 Å². The second-order valence-corrected chi connectivity index (χ2v) is 5.97. The predicted octanol–water partition coefficient (Wildman–Crippen LogP) is 2.52. The summed E-state index contributed by atoms with van der Waals surface area (Å²) < 4.78 is 38.8. The molecule has 126 valence electrons. The molecule has 0 radical (unpaired) electrons. The van der Waals surface area contributed by atoms with Gasteiger partial charge in [0.05, 0.1) is 0 Å².